The highest BCUT2D eigenvalue weighted by Gasteiger charge is 2.54. The third-order valence-electron chi connectivity index (χ3n) is 17.2. The monoisotopic (exact) mass is 1250 g/mol. The number of halogens is 3. The molecular formula is C53H103I3O8. The summed E-state index contributed by atoms with van der Waals surface area (Å²) in [5.41, 5.74) is 1.13. The number of hydrogen-bond donors (Lipinski definition) is 8. The largest absolute Gasteiger partial charge is 0.396 e. The second kappa shape index (κ2) is 24.1. The smallest absolute Gasteiger partial charge is 0.107 e. The quantitative estimate of drug-likeness (QED) is 0.0997. The Hall–Kier alpha value is 1.87. The molecule has 0 aromatic rings. The molecule has 8 nitrogen and oxygen atoms in total. The van der Waals surface area contributed by atoms with E-state index >= 15 is 0 Å². The van der Waals surface area contributed by atoms with Gasteiger partial charge in [0.25, 0.3) is 0 Å². The van der Waals surface area contributed by atoms with Crippen LogP contribution in [0.2, 0.25) is 0 Å². The van der Waals surface area contributed by atoms with Gasteiger partial charge in [0, 0.05) is 23.8 Å². The summed E-state index contributed by atoms with van der Waals surface area (Å²) in [5.74, 6) is 0. The molecule has 5 rings (SSSR count). The van der Waals surface area contributed by atoms with E-state index in [1.165, 1.54) is 70.6 Å². The van der Waals surface area contributed by atoms with E-state index in [0.717, 1.165) is 24.6 Å². The Morgan fingerprint density at radius 2 is 0.750 bits per heavy atom. The molecule has 0 heterocycles. The third kappa shape index (κ3) is 16.7. The highest BCUT2D eigenvalue weighted by molar-refractivity contribution is 14.1. The first-order valence-electron chi connectivity index (χ1n) is 24.9. The molecule has 5 fully saturated rings. The van der Waals surface area contributed by atoms with Crippen LogP contribution >= 0.6 is 67.8 Å². The topological polar surface area (TPSA) is 162 Å². The lowest BCUT2D eigenvalue weighted by Gasteiger charge is -2.51. The van der Waals surface area contributed by atoms with Crippen LogP contribution in [0.1, 0.15) is 215 Å². The van der Waals surface area contributed by atoms with Gasteiger partial charge >= 0.3 is 0 Å². The lowest BCUT2D eigenvalue weighted by atomic mass is 9.59. The van der Waals surface area contributed by atoms with Crippen LogP contribution in [0.5, 0.6) is 0 Å². The fourth-order valence-corrected chi connectivity index (χ4v) is 17.0. The molecule has 0 spiro atoms. The minimum absolute atomic E-state index is 0.193. The van der Waals surface area contributed by atoms with Crippen LogP contribution < -0.4 is 0 Å². The van der Waals surface area contributed by atoms with Gasteiger partial charge in [-0.05, 0) is 119 Å². The van der Waals surface area contributed by atoms with Crippen LogP contribution in [0.15, 0.2) is 0 Å². The molecule has 0 radical (unpaired) electrons. The predicted molar refractivity (Wildman–Crippen MR) is 295 cm³/mol. The van der Waals surface area contributed by atoms with Crippen LogP contribution in [0.4, 0.5) is 0 Å². The molecular weight excluding hydrogens is 1150 g/mol. The Morgan fingerprint density at radius 1 is 0.391 bits per heavy atom. The molecule has 0 aliphatic heterocycles. The summed E-state index contributed by atoms with van der Waals surface area (Å²) in [6.07, 6.45) is 10.9. The van der Waals surface area contributed by atoms with Crippen molar-refractivity contribution >= 4 is 67.8 Å². The van der Waals surface area contributed by atoms with Crippen molar-refractivity contribution in [2.75, 3.05) is 13.2 Å². The third-order valence-corrected chi connectivity index (χ3v) is 26.1. The predicted octanol–water partition coefficient (Wildman–Crippen LogP) is 12.2. The molecule has 0 aromatic carbocycles. The summed E-state index contributed by atoms with van der Waals surface area (Å²) in [7, 11) is 0. The molecule has 0 amide bonds. The van der Waals surface area contributed by atoms with Crippen molar-refractivity contribution in [3.05, 3.63) is 0 Å². The van der Waals surface area contributed by atoms with Gasteiger partial charge in [-0.3, -0.25) is 0 Å². The second-order valence-electron chi connectivity index (χ2n) is 26.9. The zero-order valence-corrected chi connectivity index (χ0v) is 50.7. The van der Waals surface area contributed by atoms with Crippen LogP contribution in [0.3, 0.4) is 0 Å². The molecule has 14 atom stereocenters. The molecule has 14 unspecified atom stereocenters. The average Bonchev–Trinajstić information content (AvgIpc) is 3.19. The highest BCUT2D eigenvalue weighted by Crippen LogP contribution is 2.56. The fraction of sp³-hybridized carbons (Fsp3) is 1.00. The summed E-state index contributed by atoms with van der Waals surface area (Å²) in [6.45, 7) is 39.5. The van der Waals surface area contributed by atoms with Gasteiger partial charge in [0.05, 0.1) is 31.0 Å². The van der Waals surface area contributed by atoms with Crippen LogP contribution in [-0.2, 0) is 0 Å². The number of rotatable bonds is 5. The first-order chi connectivity index (χ1) is 28.7. The highest BCUT2D eigenvalue weighted by atomic mass is 127. The van der Waals surface area contributed by atoms with E-state index in [-0.39, 0.29) is 22.9 Å². The standard InChI is InChI=1S/C11H19I3.C11H22O3.C11H22.C10H20O4.C10H20O/c2*1-5-11(4)6-10(2,3)8(13)7(12)9(11)14;1-5-11(4)8-6-7-10(2,3)9-11;1-9(2)4-10(3,5-11)8(14)6(12)7(9)13;1-9(2)5-4-6-10(3,7-9)8-11/h7-9H,5-6H2,1-4H3;7-9,12-14H,5-6H2,1-4H3;5-9H2,1-4H3;6-8,11-14H,4-5H2,1-3H3;11H,4-8H2,1-3H3. The van der Waals surface area contributed by atoms with Gasteiger partial charge in [-0.2, -0.15) is 0 Å². The molecule has 5 saturated carbocycles. The van der Waals surface area contributed by atoms with E-state index < -0.39 is 47.5 Å². The van der Waals surface area contributed by atoms with Crippen LogP contribution in [0.25, 0.3) is 0 Å². The number of alkyl halides is 3. The molecule has 64 heavy (non-hydrogen) atoms. The zero-order valence-electron chi connectivity index (χ0n) is 44.2. The van der Waals surface area contributed by atoms with E-state index in [1.807, 2.05) is 41.5 Å². The van der Waals surface area contributed by atoms with Crippen molar-refractivity contribution in [3.63, 3.8) is 0 Å². The van der Waals surface area contributed by atoms with E-state index in [1.54, 1.807) is 6.92 Å². The number of hydrogen-bond acceptors (Lipinski definition) is 8. The van der Waals surface area contributed by atoms with Gasteiger partial charge in [-0.15, -0.1) is 0 Å². The van der Waals surface area contributed by atoms with Crippen LogP contribution in [-0.4, -0.2) is 102 Å². The zero-order chi connectivity index (χ0) is 50.5. The number of aliphatic hydroxyl groups is 8. The van der Waals surface area contributed by atoms with E-state index in [2.05, 4.69) is 144 Å². The summed E-state index contributed by atoms with van der Waals surface area (Å²) >= 11 is 8.01. The summed E-state index contributed by atoms with van der Waals surface area (Å²) < 4.78 is 2.44. The molecule has 0 bridgehead atoms. The molecule has 384 valence electrons. The Bertz CT molecular complexity index is 1270. The Balaban J connectivity index is 0.000000402. The minimum atomic E-state index is -1.18. The van der Waals surface area contributed by atoms with E-state index in [9.17, 15) is 40.9 Å². The van der Waals surface area contributed by atoms with Crippen molar-refractivity contribution in [3.8, 4) is 0 Å². The maximum atomic E-state index is 9.89. The first kappa shape index (κ1) is 63.9. The number of aliphatic hydroxyl groups excluding tert-OH is 8. The Kier molecular flexibility index (Phi) is 24.0. The van der Waals surface area contributed by atoms with E-state index in [4.69, 9.17) is 0 Å². The SMILES string of the molecule is CC1(C)CC(C)(CO)C(O)C(O)C1O.CC1(C)CCCC(C)(CO)C1.CCC1(C)CC(C)(C)C(I)C(I)C1I.CCC1(C)CC(C)(C)C(O)C(O)C1O.CCC1(C)CCCC(C)(C)C1. The van der Waals surface area contributed by atoms with Crippen molar-refractivity contribution in [1.29, 1.82) is 0 Å². The molecule has 8 N–H and O–H groups in total. The summed E-state index contributed by atoms with van der Waals surface area (Å²) in [4.78, 5) is 0. The van der Waals surface area contributed by atoms with Crippen molar-refractivity contribution in [2.24, 2.45) is 54.1 Å². The fourth-order valence-electron chi connectivity index (χ4n) is 12.7. The second-order valence-corrected chi connectivity index (χ2v) is 31.0. The van der Waals surface area contributed by atoms with Gasteiger partial charge in [0.1, 0.15) is 12.2 Å². The maximum absolute atomic E-state index is 9.89. The molecule has 0 saturated heterocycles. The summed E-state index contributed by atoms with van der Waals surface area (Å²) in [5, 5.41) is 76.9. The molecule has 0 aromatic heterocycles. The first-order valence-corrected chi connectivity index (χ1v) is 28.6. The van der Waals surface area contributed by atoms with Gasteiger partial charge in [-0.1, -0.05) is 212 Å². The minimum Gasteiger partial charge on any atom is -0.396 e. The lowest BCUT2D eigenvalue weighted by Crippen LogP contribution is -2.60. The van der Waals surface area contributed by atoms with Gasteiger partial charge < -0.3 is 40.9 Å². The molecule has 5 aliphatic carbocycles. The van der Waals surface area contributed by atoms with Crippen molar-refractivity contribution in [1.82, 2.24) is 0 Å². The van der Waals surface area contributed by atoms with Crippen molar-refractivity contribution < 1.29 is 40.9 Å². The van der Waals surface area contributed by atoms with Gasteiger partial charge in [-0.25, -0.2) is 0 Å². The van der Waals surface area contributed by atoms with Crippen LogP contribution in [0, 0.1) is 54.1 Å². The lowest BCUT2D eigenvalue weighted by molar-refractivity contribution is -0.197. The molecule has 5 aliphatic rings. The summed E-state index contributed by atoms with van der Waals surface area (Å²) in [6, 6.07) is 0. The van der Waals surface area contributed by atoms with E-state index in [0.29, 0.717) is 40.1 Å². The average molecular weight is 1250 g/mol. The van der Waals surface area contributed by atoms with Gasteiger partial charge in [0.2, 0.25) is 0 Å². The Labute approximate surface area is 435 Å². The Morgan fingerprint density at radius 3 is 1.08 bits per heavy atom. The van der Waals surface area contributed by atoms with Crippen molar-refractivity contribution in [2.45, 2.75) is 263 Å². The van der Waals surface area contributed by atoms with Gasteiger partial charge in [0.15, 0.2) is 0 Å². The normalized spacial score (nSPS) is 44.1. The maximum Gasteiger partial charge on any atom is 0.107 e. The molecule has 11 heteroatoms.